The number of nitrogens with one attached hydrogen (secondary N) is 1. The van der Waals surface area contributed by atoms with Gasteiger partial charge in [-0.25, -0.2) is 9.97 Å². The van der Waals surface area contributed by atoms with Crippen LogP contribution >= 0.6 is 0 Å². The minimum absolute atomic E-state index is 0.409. The second-order valence-electron chi connectivity index (χ2n) is 6.25. The fraction of sp³-hybridized carbons (Fsp3) is 0.733. The Balaban J connectivity index is 1.85. The molecule has 0 bridgehead atoms. The lowest BCUT2D eigenvalue weighted by atomic mass is 9.92. The molecule has 3 unspecified atom stereocenters. The molecule has 0 radical (unpaired) electrons. The van der Waals surface area contributed by atoms with Crippen LogP contribution in [0.3, 0.4) is 0 Å². The van der Waals surface area contributed by atoms with E-state index in [0.29, 0.717) is 6.04 Å². The Morgan fingerprint density at radius 2 is 2.00 bits per heavy atom. The molecule has 3 atom stereocenters. The lowest BCUT2D eigenvalue weighted by molar-refractivity contribution is 0.138. The number of nitrogens with zero attached hydrogens (tertiary/aromatic N) is 3. The summed E-state index contributed by atoms with van der Waals surface area (Å²) < 4.78 is 0. The smallest absolute Gasteiger partial charge is 0.129 e. The summed E-state index contributed by atoms with van der Waals surface area (Å²) in [6.07, 6.45) is 2.98. The van der Waals surface area contributed by atoms with Gasteiger partial charge in [-0.1, -0.05) is 13.8 Å². The molecule has 0 spiro atoms. The molecule has 2 rings (SSSR count). The van der Waals surface area contributed by atoms with E-state index in [2.05, 4.69) is 41.0 Å². The molecule has 0 aliphatic carbocycles. The standard InChI is InChI=1S/C15H26N4/c1-11-5-12(2)8-19(7-11)9-14(4)18-15-6-13(3)16-10-17-15/h6,10-12,14H,5,7-9H2,1-4H3,(H,16,17,18). The Labute approximate surface area is 116 Å². The Bertz CT molecular complexity index is 397. The van der Waals surface area contributed by atoms with Crippen molar-refractivity contribution in [3.8, 4) is 0 Å². The van der Waals surface area contributed by atoms with Crippen LogP contribution < -0.4 is 5.32 Å². The number of rotatable bonds is 4. The first kappa shape index (κ1) is 14.3. The maximum Gasteiger partial charge on any atom is 0.129 e. The van der Waals surface area contributed by atoms with Crippen molar-refractivity contribution in [1.29, 1.82) is 0 Å². The zero-order valence-corrected chi connectivity index (χ0v) is 12.6. The highest BCUT2D eigenvalue weighted by Crippen LogP contribution is 2.21. The van der Waals surface area contributed by atoms with Crippen LogP contribution in [0.25, 0.3) is 0 Å². The highest BCUT2D eigenvalue weighted by atomic mass is 15.2. The van der Waals surface area contributed by atoms with Gasteiger partial charge >= 0.3 is 0 Å². The van der Waals surface area contributed by atoms with Crippen LogP contribution in [0.2, 0.25) is 0 Å². The Hall–Kier alpha value is -1.16. The number of piperidine rings is 1. The van der Waals surface area contributed by atoms with Crippen LogP contribution in [0.1, 0.15) is 32.9 Å². The molecular weight excluding hydrogens is 236 g/mol. The van der Waals surface area contributed by atoms with Crippen molar-refractivity contribution < 1.29 is 0 Å². The van der Waals surface area contributed by atoms with Crippen molar-refractivity contribution in [3.63, 3.8) is 0 Å². The second kappa shape index (κ2) is 6.33. The van der Waals surface area contributed by atoms with Gasteiger partial charge in [0, 0.05) is 37.4 Å². The summed E-state index contributed by atoms with van der Waals surface area (Å²) in [6, 6.07) is 2.41. The first-order valence-electron chi connectivity index (χ1n) is 7.30. The molecule has 1 fully saturated rings. The van der Waals surface area contributed by atoms with Crippen LogP contribution in [-0.2, 0) is 0 Å². The van der Waals surface area contributed by atoms with Crippen LogP contribution in [-0.4, -0.2) is 40.5 Å². The zero-order chi connectivity index (χ0) is 13.8. The molecule has 106 valence electrons. The zero-order valence-electron chi connectivity index (χ0n) is 12.6. The molecule has 19 heavy (non-hydrogen) atoms. The van der Waals surface area contributed by atoms with Crippen molar-refractivity contribution in [1.82, 2.24) is 14.9 Å². The number of aromatic nitrogens is 2. The van der Waals surface area contributed by atoms with Crippen molar-refractivity contribution >= 4 is 5.82 Å². The third kappa shape index (κ3) is 4.46. The topological polar surface area (TPSA) is 41.0 Å². The molecule has 1 N–H and O–H groups in total. The molecule has 0 aromatic carbocycles. The summed E-state index contributed by atoms with van der Waals surface area (Å²) in [7, 11) is 0. The van der Waals surface area contributed by atoms with Crippen molar-refractivity contribution in [3.05, 3.63) is 18.1 Å². The van der Waals surface area contributed by atoms with Crippen LogP contribution in [0.5, 0.6) is 0 Å². The Morgan fingerprint density at radius 3 is 2.63 bits per heavy atom. The Morgan fingerprint density at radius 1 is 1.32 bits per heavy atom. The number of hydrogen-bond acceptors (Lipinski definition) is 4. The van der Waals surface area contributed by atoms with E-state index in [1.165, 1.54) is 19.5 Å². The normalized spacial score (nSPS) is 26.1. The predicted molar refractivity (Wildman–Crippen MR) is 79.2 cm³/mol. The molecule has 0 amide bonds. The van der Waals surface area contributed by atoms with E-state index >= 15 is 0 Å². The van der Waals surface area contributed by atoms with Gasteiger partial charge in [-0.3, -0.25) is 0 Å². The van der Waals surface area contributed by atoms with E-state index in [1.807, 2.05) is 13.0 Å². The van der Waals surface area contributed by atoms with Crippen molar-refractivity contribution in [2.75, 3.05) is 25.0 Å². The second-order valence-corrected chi connectivity index (χ2v) is 6.25. The number of aryl methyl sites for hydroxylation is 1. The van der Waals surface area contributed by atoms with E-state index in [0.717, 1.165) is 29.9 Å². The number of anilines is 1. The molecule has 0 saturated carbocycles. The monoisotopic (exact) mass is 262 g/mol. The molecule has 1 aliphatic rings. The molecule has 4 nitrogen and oxygen atoms in total. The summed E-state index contributed by atoms with van der Waals surface area (Å²) in [5.41, 5.74) is 1.00. The van der Waals surface area contributed by atoms with Crippen LogP contribution in [0.4, 0.5) is 5.82 Å². The van der Waals surface area contributed by atoms with Gasteiger partial charge in [-0.2, -0.15) is 0 Å². The summed E-state index contributed by atoms with van der Waals surface area (Å²) in [6.45, 7) is 12.5. The summed E-state index contributed by atoms with van der Waals surface area (Å²) in [5.74, 6) is 2.56. The molecule has 1 aliphatic heterocycles. The first-order valence-corrected chi connectivity index (χ1v) is 7.30. The van der Waals surface area contributed by atoms with Gasteiger partial charge in [0.25, 0.3) is 0 Å². The highest BCUT2D eigenvalue weighted by molar-refractivity contribution is 5.35. The highest BCUT2D eigenvalue weighted by Gasteiger charge is 2.22. The van der Waals surface area contributed by atoms with Gasteiger partial charge in [-0.15, -0.1) is 0 Å². The number of hydrogen-bond donors (Lipinski definition) is 1. The van der Waals surface area contributed by atoms with Gasteiger partial charge in [0.15, 0.2) is 0 Å². The van der Waals surface area contributed by atoms with E-state index in [4.69, 9.17) is 0 Å². The van der Waals surface area contributed by atoms with Gasteiger partial charge in [0.2, 0.25) is 0 Å². The summed E-state index contributed by atoms with van der Waals surface area (Å²) in [5, 5.41) is 3.47. The van der Waals surface area contributed by atoms with Gasteiger partial charge in [0.1, 0.15) is 12.1 Å². The fourth-order valence-corrected chi connectivity index (χ4v) is 3.16. The minimum atomic E-state index is 0.409. The maximum absolute atomic E-state index is 4.26. The van der Waals surface area contributed by atoms with Crippen molar-refractivity contribution in [2.45, 2.75) is 40.2 Å². The molecule has 2 heterocycles. The average Bonchev–Trinajstić information content (AvgIpc) is 2.26. The van der Waals surface area contributed by atoms with Crippen molar-refractivity contribution in [2.24, 2.45) is 11.8 Å². The summed E-state index contributed by atoms with van der Waals surface area (Å²) in [4.78, 5) is 11.0. The fourth-order valence-electron chi connectivity index (χ4n) is 3.16. The first-order chi connectivity index (χ1) is 9.02. The summed E-state index contributed by atoms with van der Waals surface area (Å²) >= 11 is 0. The number of likely N-dealkylation sites (tertiary alicyclic amines) is 1. The van der Waals surface area contributed by atoms with Gasteiger partial charge < -0.3 is 10.2 Å². The molecule has 4 heteroatoms. The van der Waals surface area contributed by atoms with Crippen LogP contribution in [0, 0.1) is 18.8 Å². The van der Waals surface area contributed by atoms with E-state index in [1.54, 1.807) is 6.33 Å². The van der Waals surface area contributed by atoms with Gasteiger partial charge in [0.05, 0.1) is 0 Å². The Kier molecular flexibility index (Phi) is 4.75. The predicted octanol–water partition coefficient (Wildman–Crippen LogP) is 2.56. The largest absolute Gasteiger partial charge is 0.366 e. The molecule has 1 saturated heterocycles. The van der Waals surface area contributed by atoms with E-state index in [9.17, 15) is 0 Å². The SMILES string of the molecule is Cc1cc(NC(C)CN2CC(C)CC(C)C2)ncn1. The van der Waals surface area contributed by atoms with Crippen LogP contribution in [0.15, 0.2) is 12.4 Å². The lowest BCUT2D eigenvalue weighted by Crippen LogP contribution is -2.43. The lowest BCUT2D eigenvalue weighted by Gasteiger charge is -2.36. The van der Waals surface area contributed by atoms with E-state index in [-0.39, 0.29) is 0 Å². The third-order valence-corrected chi connectivity index (χ3v) is 3.67. The van der Waals surface area contributed by atoms with Gasteiger partial charge in [-0.05, 0) is 32.1 Å². The maximum atomic E-state index is 4.26. The average molecular weight is 262 g/mol. The molecule has 1 aromatic rings. The molecule has 1 aromatic heterocycles. The van der Waals surface area contributed by atoms with E-state index < -0.39 is 0 Å². The minimum Gasteiger partial charge on any atom is -0.366 e. The molecular formula is C15H26N4. The quantitative estimate of drug-likeness (QED) is 0.905. The third-order valence-electron chi connectivity index (χ3n) is 3.67.